The second-order valence-corrected chi connectivity index (χ2v) is 7.08. The van der Waals surface area contributed by atoms with Crippen molar-refractivity contribution in [2.24, 2.45) is 11.7 Å². The number of hydrogen-bond donors (Lipinski definition) is 3. The van der Waals surface area contributed by atoms with Gasteiger partial charge in [0.05, 0.1) is 11.4 Å². The van der Waals surface area contributed by atoms with Gasteiger partial charge in [-0.25, -0.2) is 0 Å². The third kappa shape index (κ3) is 4.97. The predicted octanol–water partition coefficient (Wildman–Crippen LogP) is 4.41. The van der Waals surface area contributed by atoms with Gasteiger partial charge < -0.3 is 16.4 Å². The lowest BCUT2D eigenvalue weighted by molar-refractivity contribution is -0.120. The number of carbonyl (C=O) groups excluding carboxylic acids is 1. The van der Waals surface area contributed by atoms with Crippen LogP contribution in [0, 0.1) is 5.92 Å². The van der Waals surface area contributed by atoms with E-state index < -0.39 is 0 Å². The van der Waals surface area contributed by atoms with Crippen molar-refractivity contribution in [2.75, 3.05) is 10.6 Å². The van der Waals surface area contributed by atoms with Crippen LogP contribution in [-0.4, -0.2) is 11.9 Å². The van der Waals surface area contributed by atoms with E-state index in [1.54, 1.807) is 6.07 Å². The second kappa shape index (κ2) is 8.37. The zero-order chi connectivity index (χ0) is 17.6. The SMILES string of the molecule is NC1CCCC(C(=O)Nc2cc(Cl)ccc2NCc2ccccc2)C1. The predicted molar refractivity (Wildman–Crippen MR) is 104 cm³/mol. The molecule has 4 N–H and O–H groups in total. The van der Waals surface area contributed by atoms with Crippen LogP contribution in [0.4, 0.5) is 11.4 Å². The molecule has 4 nitrogen and oxygen atoms in total. The van der Waals surface area contributed by atoms with Gasteiger partial charge in [-0.1, -0.05) is 48.4 Å². The zero-order valence-electron chi connectivity index (χ0n) is 14.2. The molecule has 132 valence electrons. The Bertz CT molecular complexity index is 720. The molecule has 2 aromatic rings. The molecule has 1 fully saturated rings. The number of carbonyl (C=O) groups is 1. The van der Waals surface area contributed by atoms with Crippen LogP contribution < -0.4 is 16.4 Å². The van der Waals surface area contributed by atoms with Crippen molar-refractivity contribution < 1.29 is 4.79 Å². The molecule has 25 heavy (non-hydrogen) atoms. The highest BCUT2D eigenvalue weighted by atomic mass is 35.5. The number of nitrogens with two attached hydrogens (primary N) is 1. The summed E-state index contributed by atoms with van der Waals surface area (Å²) in [6.45, 7) is 0.680. The molecule has 0 spiro atoms. The van der Waals surface area contributed by atoms with Crippen LogP contribution in [0.15, 0.2) is 48.5 Å². The van der Waals surface area contributed by atoms with Gasteiger partial charge >= 0.3 is 0 Å². The van der Waals surface area contributed by atoms with Gasteiger partial charge in [-0.15, -0.1) is 0 Å². The van der Waals surface area contributed by atoms with Gasteiger partial charge in [0, 0.05) is 23.5 Å². The first-order chi connectivity index (χ1) is 12.1. The molecule has 0 heterocycles. The van der Waals surface area contributed by atoms with Gasteiger partial charge in [0.15, 0.2) is 0 Å². The molecule has 0 bridgehead atoms. The maximum atomic E-state index is 12.6. The first kappa shape index (κ1) is 17.8. The first-order valence-electron chi connectivity index (χ1n) is 8.75. The average Bonchev–Trinajstić information content (AvgIpc) is 2.62. The number of halogens is 1. The van der Waals surface area contributed by atoms with Gasteiger partial charge in [-0.3, -0.25) is 4.79 Å². The summed E-state index contributed by atoms with van der Waals surface area (Å²) in [6, 6.07) is 15.8. The lowest BCUT2D eigenvalue weighted by Gasteiger charge is -2.26. The van der Waals surface area contributed by atoms with Crippen molar-refractivity contribution in [1.82, 2.24) is 0 Å². The minimum absolute atomic E-state index is 0.0234. The first-order valence-corrected chi connectivity index (χ1v) is 9.13. The second-order valence-electron chi connectivity index (χ2n) is 6.64. The molecule has 2 aromatic carbocycles. The Kier molecular flexibility index (Phi) is 5.95. The Balaban J connectivity index is 1.69. The van der Waals surface area contributed by atoms with Crippen LogP contribution in [0.2, 0.25) is 5.02 Å². The minimum Gasteiger partial charge on any atom is -0.379 e. The van der Waals surface area contributed by atoms with Gasteiger partial charge in [-0.2, -0.15) is 0 Å². The molecule has 1 amide bonds. The Morgan fingerprint density at radius 2 is 1.92 bits per heavy atom. The summed E-state index contributed by atoms with van der Waals surface area (Å²) in [5.41, 5.74) is 8.76. The van der Waals surface area contributed by atoms with Crippen LogP contribution >= 0.6 is 11.6 Å². The van der Waals surface area contributed by atoms with Crippen molar-refractivity contribution in [1.29, 1.82) is 0 Å². The third-order valence-electron chi connectivity index (χ3n) is 4.65. The molecule has 1 saturated carbocycles. The largest absolute Gasteiger partial charge is 0.379 e. The molecule has 1 aliphatic rings. The number of anilines is 2. The molecule has 3 rings (SSSR count). The highest BCUT2D eigenvalue weighted by Crippen LogP contribution is 2.29. The van der Waals surface area contributed by atoms with Gasteiger partial charge in [-0.05, 0) is 43.0 Å². The Morgan fingerprint density at radius 1 is 1.12 bits per heavy atom. The lowest BCUT2D eigenvalue weighted by atomic mass is 9.85. The summed E-state index contributed by atoms with van der Waals surface area (Å²) in [4.78, 5) is 12.6. The quantitative estimate of drug-likeness (QED) is 0.742. The molecule has 2 unspecified atom stereocenters. The van der Waals surface area contributed by atoms with E-state index in [-0.39, 0.29) is 17.9 Å². The molecule has 0 aliphatic heterocycles. The number of nitrogens with one attached hydrogen (secondary N) is 2. The fraction of sp³-hybridized carbons (Fsp3) is 0.350. The van der Waals surface area contributed by atoms with E-state index in [9.17, 15) is 4.79 Å². The number of hydrogen-bond acceptors (Lipinski definition) is 3. The Morgan fingerprint density at radius 3 is 2.68 bits per heavy atom. The minimum atomic E-state index is -0.0234. The van der Waals surface area contributed by atoms with Crippen LogP contribution in [0.25, 0.3) is 0 Å². The van der Waals surface area contributed by atoms with E-state index >= 15 is 0 Å². The van der Waals surface area contributed by atoms with E-state index in [2.05, 4.69) is 22.8 Å². The summed E-state index contributed by atoms with van der Waals surface area (Å²) < 4.78 is 0. The van der Waals surface area contributed by atoms with Crippen molar-refractivity contribution in [2.45, 2.75) is 38.3 Å². The number of amides is 1. The van der Waals surface area contributed by atoms with E-state index in [0.717, 1.165) is 31.4 Å². The van der Waals surface area contributed by atoms with E-state index in [4.69, 9.17) is 17.3 Å². The van der Waals surface area contributed by atoms with E-state index in [1.165, 1.54) is 5.56 Å². The summed E-state index contributed by atoms with van der Waals surface area (Å²) in [5.74, 6) is 0.00452. The van der Waals surface area contributed by atoms with Crippen LogP contribution in [-0.2, 0) is 11.3 Å². The van der Waals surface area contributed by atoms with Crippen molar-refractivity contribution in [3.05, 3.63) is 59.1 Å². The summed E-state index contributed by atoms with van der Waals surface area (Å²) >= 11 is 6.13. The van der Waals surface area contributed by atoms with Gasteiger partial charge in [0.1, 0.15) is 0 Å². The maximum Gasteiger partial charge on any atom is 0.227 e. The fourth-order valence-corrected chi connectivity index (χ4v) is 3.44. The zero-order valence-corrected chi connectivity index (χ0v) is 14.9. The molecule has 1 aliphatic carbocycles. The average molecular weight is 358 g/mol. The standard InChI is InChI=1S/C20H24ClN3O/c21-16-9-10-18(23-13-14-5-2-1-3-6-14)19(12-16)24-20(25)15-7-4-8-17(22)11-15/h1-3,5-6,9-10,12,15,17,23H,4,7-8,11,13,22H2,(H,24,25). The van der Waals surface area contributed by atoms with E-state index in [0.29, 0.717) is 17.3 Å². The topological polar surface area (TPSA) is 67.2 Å². The fourth-order valence-electron chi connectivity index (χ4n) is 3.27. The summed E-state index contributed by atoms with van der Waals surface area (Å²) in [7, 11) is 0. The van der Waals surface area contributed by atoms with Crippen molar-refractivity contribution in [3.8, 4) is 0 Å². The smallest absolute Gasteiger partial charge is 0.227 e. The molecular formula is C20H24ClN3O. The molecule has 0 saturated heterocycles. The molecule has 5 heteroatoms. The lowest BCUT2D eigenvalue weighted by Crippen LogP contribution is -2.34. The van der Waals surface area contributed by atoms with Crippen LogP contribution in [0.5, 0.6) is 0 Å². The Hall–Kier alpha value is -2.04. The molecular weight excluding hydrogens is 334 g/mol. The van der Waals surface area contributed by atoms with Crippen molar-refractivity contribution in [3.63, 3.8) is 0 Å². The highest BCUT2D eigenvalue weighted by Gasteiger charge is 2.25. The van der Waals surface area contributed by atoms with Crippen LogP contribution in [0.1, 0.15) is 31.2 Å². The van der Waals surface area contributed by atoms with Crippen LogP contribution in [0.3, 0.4) is 0 Å². The third-order valence-corrected chi connectivity index (χ3v) is 4.89. The highest BCUT2D eigenvalue weighted by molar-refractivity contribution is 6.31. The number of benzene rings is 2. The van der Waals surface area contributed by atoms with Gasteiger partial charge in [0.25, 0.3) is 0 Å². The monoisotopic (exact) mass is 357 g/mol. The normalized spacial score (nSPS) is 20.1. The number of rotatable bonds is 5. The summed E-state index contributed by atoms with van der Waals surface area (Å²) in [5, 5.41) is 7.01. The Labute approximate surface area is 153 Å². The maximum absolute atomic E-state index is 12.6. The van der Waals surface area contributed by atoms with Gasteiger partial charge in [0.2, 0.25) is 5.91 Å². The molecule has 0 aromatic heterocycles. The molecule has 2 atom stereocenters. The summed E-state index contributed by atoms with van der Waals surface area (Å²) in [6.07, 6.45) is 3.66. The van der Waals surface area contributed by atoms with Crippen molar-refractivity contribution >= 4 is 28.9 Å². The molecule has 0 radical (unpaired) electrons. The van der Waals surface area contributed by atoms with E-state index in [1.807, 2.05) is 30.3 Å².